The van der Waals surface area contributed by atoms with Crippen LogP contribution in [-0.4, -0.2) is 39.6 Å². The number of anilines is 3. The molecule has 0 fully saturated rings. The molecule has 0 spiro atoms. The number of nitrogens with two attached hydrogens (primary N) is 1. The fourth-order valence-corrected chi connectivity index (χ4v) is 3.44. The molecule has 13 heteroatoms. The van der Waals surface area contributed by atoms with Crippen molar-refractivity contribution >= 4 is 34.7 Å². The molecule has 36 heavy (non-hydrogen) atoms. The first kappa shape index (κ1) is 24.3. The Bertz CT molecular complexity index is 1400. The van der Waals surface area contributed by atoms with E-state index in [0.29, 0.717) is 22.3 Å². The molecule has 0 radical (unpaired) electrons. The molecule has 0 bridgehead atoms. The third kappa shape index (κ3) is 5.46. The predicted octanol–water partition coefficient (Wildman–Crippen LogP) is 4.70. The van der Waals surface area contributed by atoms with E-state index in [-0.39, 0.29) is 23.7 Å². The molecule has 0 aliphatic rings. The second kappa shape index (κ2) is 9.82. The maximum atomic E-state index is 12.5. The summed E-state index contributed by atoms with van der Waals surface area (Å²) in [7, 11) is 0. The first-order valence-electron chi connectivity index (χ1n) is 10.5. The van der Waals surface area contributed by atoms with Crippen LogP contribution in [0.3, 0.4) is 0 Å². The monoisotopic (exact) mass is 500 g/mol. The normalized spacial score (nSPS) is 11.2. The number of alkyl halides is 3. The number of hydrogen-bond acceptors (Lipinski definition) is 7. The van der Waals surface area contributed by atoms with Gasteiger partial charge < -0.3 is 25.8 Å². The van der Waals surface area contributed by atoms with Crippen molar-refractivity contribution in [2.75, 3.05) is 23.0 Å². The van der Waals surface area contributed by atoms with E-state index in [2.05, 4.69) is 25.5 Å². The number of ether oxygens (including phenoxy) is 2. The lowest BCUT2D eigenvalue weighted by Gasteiger charge is -2.11. The Morgan fingerprint density at radius 1 is 1.03 bits per heavy atom. The lowest BCUT2D eigenvalue weighted by Crippen LogP contribution is -2.19. The number of carbonyl (C=O) groups excluding carboxylic acids is 2. The highest BCUT2D eigenvalue weighted by Crippen LogP contribution is 2.33. The van der Waals surface area contributed by atoms with Gasteiger partial charge in [-0.15, -0.1) is 13.2 Å². The Kier molecular flexibility index (Phi) is 6.63. The number of rotatable bonds is 6. The molecule has 10 nitrogen and oxygen atoms in total. The average molecular weight is 500 g/mol. The van der Waals surface area contributed by atoms with E-state index in [4.69, 9.17) is 10.5 Å². The molecule has 2 aromatic heterocycles. The molecule has 4 N–H and O–H groups in total. The van der Waals surface area contributed by atoms with Crippen LogP contribution in [0.25, 0.3) is 16.6 Å². The summed E-state index contributed by atoms with van der Waals surface area (Å²) in [5.41, 5.74) is 8.47. The Hall–Kier alpha value is -4.81. The number of urea groups is 1. The van der Waals surface area contributed by atoms with E-state index in [9.17, 15) is 22.8 Å². The first-order chi connectivity index (χ1) is 17.1. The summed E-state index contributed by atoms with van der Waals surface area (Å²) in [5, 5.41) is 9.22. The van der Waals surface area contributed by atoms with E-state index >= 15 is 0 Å². The molecule has 0 saturated heterocycles. The van der Waals surface area contributed by atoms with Crippen LogP contribution >= 0.6 is 0 Å². The maximum Gasteiger partial charge on any atom is 0.573 e. The largest absolute Gasteiger partial charge is 0.573 e. The third-order valence-corrected chi connectivity index (χ3v) is 4.87. The summed E-state index contributed by atoms with van der Waals surface area (Å²) in [5.74, 6) is -0.787. The summed E-state index contributed by atoms with van der Waals surface area (Å²) in [6.07, 6.45) is -2.03. The van der Waals surface area contributed by atoms with Crippen LogP contribution in [-0.2, 0) is 4.74 Å². The number of esters is 1. The first-order valence-corrected chi connectivity index (χ1v) is 10.5. The fourth-order valence-electron chi connectivity index (χ4n) is 3.44. The number of aromatic nitrogens is 3. The van der Waals surface area contributed by atoms with Crippen molar-refractivity contribution in [1.29, 1.82) is 0 Å². The predicted molar refractivity (Wildman–Crippen MR) is 125 cm³/mol. The van der Waals surface area contributed by atoms with Gasteiger partial charge in [-0.25, -0.2) is 19.1 Å². The van der Waals surface area contributed by atoms with Crippen molar-refractivity contribution in [1.82, 2.24) is 14.6 Å². The third-order valence-electron chi connectivity index (χ3n) is 4.87. The highest BCUT2D eigenvalue weighted by molar-refractivity contribution is 6.05. The van der Waals surface area contributed by atoms with Crippen LogP contribution in [0.4, 0.5) is 35.2 Å². The SMILES string of the molecule is CCOC(=O)c1cn2ncnc(N)c2c1-c1ccc(NC(=O)Nc2ccc(OC(F)(F)F)cc2)cc1. The Morgan fingerprint density at radius 2 is 1.64 bits per heavy atom. The number of benzene rings is 2. The van der Waals surface area contributed by atoms with Gasteiger partial charge in [-0.2, -0.15) is 5.10 Å². The van der Waals surface area contributed by atoms with Crippen LogP contribution < -0.4 is 21.1 Å². The second-order valence-corrected chi connectivity index (χ2v) is 7.31. The molecule has 4 aromatic rings. The number of nitrogen functional groups attached to an aromatic ring is 1. The number of carbonyl (C=O) groups is 2. The van der Waals surface area contributed by atoms with Crippen molar-refractivity contribution in [2.24, 2.45) is 0 Å². The molecule has 2 heterocycles. The zero-order valence-corrected chi connectivity index (χ0v) is 18.7. The van der Waals surface area contributed by atoms with E-state index < -0.39 is 24.1 Å². The summed E-state index contributed by atoms with van der Waals surface area (Å²) in [6, 6.07) is 10.6. The zero-order valence-electron chi connectivity index (χ0n) is 18.7. The molecule has 0 aliphatic carbocycles. The van der Waals surface area contributed by atoms with Gasteiger partial charge in [-0.05, 0) is 48.9 Å². The quantitative estimate of drug-likeness (QED) is 0.327. The van der Waals surface area contributed by atoms with Crippen LogP contribution in [0.5, 0.6) is 5.75 Å². The highest BCUT2D eigenvalue weighted by atomic mass is 19.4. The van der Waals surface area contributed by atoms with Crippen molar-refractivity contribution in [3.05, 3.63) is 66.6 Å². The minimum absolute atomic E-state index is 0.170. The number of amides is 2. The lowest BCUT2D eigenvalue weighted by molar-refractivity contribution is -0.274. The van der Waals surface area contributed by atoms with E-state index in [0.717, 1.165) is 12.1 Å². The van der Waals surface area contributed by atoms with Crippen LogP contribution in [0, 0.1) is 0 Å². The van der Waals surface area contributed by atoms with E-state index in [1.54, 1.807) is 31.2 Å². The topological polar surface area (TPSA) is 133 Å². The van der Waals surface area contributed by atoms with Gasteiger partial charge >= 0.3 is 18.4 Å². The van der Waals surface area contributed by atoms with Crippen molar-refractivity contribution in [3.63, 3.8) is 0 Å². The van der Waals surface area contributed by atoms with Gasteiger partial charge in [0.15, 0.2) is 5.82 Å². The number of nitrogens with one attached hydrogen (secondary N) is 2. The summed E-state index contributed by atoms with van der Waals surface area (Å²) >= 11 is 0. The lowest BCUT2D eigenvalue weighted by atomic mass is 10.0. The standard InChI is InChI=1S/C23H19F3N6O4/c1-2-35-21(33)17-11-32-19(20(27)28-12-29-32)18(17)13-3-5-14(6-4-13)30-22(34)31-15-7-9-16(10-8-15)36-23(24,25)26/h3-12H,2H2,1H3,(H2,27,28,29)(H2,30,31,34). The average Bonchev–Trinajstić information content (AvgIpc) is 3.21. The Labute approximate surface area is 201 Å². The molecule has 0 saturated carbocycles. The van der Waals surface area contributed by atoms with Gasteiger partial charge in [-0.1, -0.05) is 12.1 Å². The number of nitrogens with zero attached hydrogens (tertiary/aromatic N) is 3. The van der Waals surface area contributed by atoms with Crippen molar-refractivity contribution < 1.29 is 32.2 Å². The van der Waals surface area contributed by atoms with Crippen LogP contribution in [0.2, 0.25) is 0 Å². The molecule has 186 valence electrons. The molecule has 0 unspecified atom stereocenters. The van der Waals surface area contributed by atoms with Gasteiger partial charge in [0.1, 0.15) is 17.6 Å². The van der Waals surface area contributed by atoms with Gasteiger partial charge in [0.2, 0.25) is 0 Å². The van der Waals surface area contributed by atoms with Crippen LogP contribution in [0.1, 0.15) is 17.3 Å². The number of halogens is 3. The zero-order chi connectivity index (χ0) is 25.9. The summed E-state index contributed by atoms with van der Waals surface area (Å²) in [4.78, 5) is 28.9. The molecular formula is C23H19F3N6O4. The van der Waals surface area contributed by atoms with Gasteiger partial charge in [0.05, 0.1) is 12.2 Å². The highest BCUT2D eigenvalue weighted by Gasteiger charge is 2.31. The molecule has 4 rings (SSSR count). The number of fused-ring (bicyclic) bond motifs is 1. The smallest absolute Gasteiger partial charge is 0.462 e. The van der Waals surface area contributed by atoms with Crippen LogP contribution in [0.15, 0.2) is 61.1 Å². The molecule has 2 aromatic carbocycles. The van der Waals surface area contributed by atoms with E-state index in [1.807, 2.05) is 0 Å². The minimum Gasteiger partial charge on any atom is -0.462 e. The maximum absolute atomic E-state index is 12.5. The summed E-state index contributed by atoms with van der Waals surface area (Å²) < 4.78 is 47.2. The van der Waals surface area contributed by atoms with Gasteiger partial charge in [-0.3, -0.25) is 0 Å². The number of hydrogen-bond donors (Lipinski definition) is 3. The van der Waals surface area contributed by atoms with Gasteiger partial charge in [0, 0.05) is 23.1 Å². The molecule has 0 atom stereocenters. The fraction of sp³-hybridized carbons (Fsp3) is 0.130. The van der Waals surface area contributed by atoms with E-state index in [1.165, 1.54) is 29.2 Å². The van der Waals surface area contributed by atoms with Crippen molar-refractivity contribution in [2.45, 2.75) is 13.3 Å². The molecular weight excluding hydrogens is 481 g/mol. The Morgan fingerprint density at radius 3 is 2.22 bits per heavy atom. The Balaban J connectivity index is 1.51. The molecule has 0 aliphatic heterocycles. The minimum atomic E-state index is -4.80. The second-order valence-electron chi connectivity index (χ2n) is 7.31. The van der Waals surface area contributed by atoms with Crippen molar-refractivity contribution in [3.8, 4) is 16.9 Å². The summed E-state index contributed by atoms with van der Waals surface area (Å²) in [6.45, 7) is 1.87. The van der Waals surface area contributed by atoms with Gasteiger partial charge in [0.25, 0.3) is 0 Å². The molecule has 2 amide bonds.